The van der Waals surface area contributed by atoms with Crippen LogP contribution in [0, 0.1) is 0 Å². The Morgan fingerprint density at radius 2 is 1.49 bits per heavy atom. The lowest BCUT2D eigenvalue weighted by Crippen LogP contribution is -2.14. The van der Waals surface area contributed by atoms with E-state index in [9.17, 15) is 13.2 Å². The van der Waals surface area contributed by atoms with Gasteiger partial charge in [-0.1, -0.05) is 0 Å². The smallest absolute Gasteiger partial charge is 0.421 e. The largest absolute Gasteiger partial charge is 0.497 e. The van der Waals surface area contributed by atoms with Crippen molar-refractivity contribution in [1.82, 2.24) is 9.97 Å². The van der Waals surface area contributed by atoms with Crippen molar-refractivity contribution in [3.8, 4) is 28.7 Å². The van der Waals surface area contributed by atoms with E-state index in [0.717, 1.165) is 0 Å². The molecular formula is C23H25F3N4O5. The number of nitrogens with zero attached hydrogens (tertiary/aromatic N) is 2. The molecule has 188 valence electrons. The number of methoxy groups -OCH3 is 5. The predicted molar refractivity (Wildman–Crippen MR) is 123 cm³/mol. The van der Waals surface area contributed by atoms with Crippen LogP contribution in [0.5, 0.6) is 28.7 Å². The Morgan fingerprint density at radius 3 is 2.03 bits per heavy atom. The maximum absolute atomic E-state index is 13.6. The van der Waals surface area contributed by atoms with Crippen LogP contribution in [0.1, 0.15) is 11.1 Å². The van der Waals surface area contributed by atoms with E-state index in [0.29, 0.717) is 46.2 Å². The highest BCUT2D eigenvalue weighted by atomic mass is 19.4. The van der Waals surface area contributed by atoms with E-state index in [4.69, 9.17) is 23.7 Å². The molecule has 0 unspecified atom stereocenters. The summed E-state index contributed by atoms with van der Waals surface area (Å²) < 4.78 is 67.3. The first kappa shape index (κ1) is 25.5. The Kier molecular flexibility index (Phi) is 7.94. The van der Waals surface area contributed by atoms with Crippen molar-refractivity contribution in [2.45, 2.75) is 12.7 Å². The molecule has 2 N–H and O–H groups in total. The van der Waals surface area contributed by atoms with Crippen LogP contribution in [-0.2, 0) is 12.7 Å². The van der Waals surface area contributed by atoms with Gasteiger partial charge in [0.2, 0.25) is 11.7 Å². The molecule has 0 atom stereocenters. The van der Waals surface area contributed by atoms with Gasteiger partial charge in [0.05, 0.1) is 35.5 Å². The van der Waals surface area contributed by atoms with Gasteiger partial charge in [-0.15, -0.1) is 0 Å². The molecule has 0 amide bonds. The topological polar surface area (TPSA) is 96.0 Å². The van der Waals surface area contributed by atoms with Crippen molar-refractivity contribution in [1.29, 1.82) is 0 Å². The van der Waals surface area contributed by atoms with Gasteiger partial charge in [0.25, 0.3) is 0 Å². The third-order valence-corrected chi connectivity index (χ3v) is 4.95. The van der Waals surface area contributed by atoms with E-state index < -0.39 is 17.6 Å². The minimum Gasteiger partial charge on any atom is -0.497 e. The zero-order chi connectivity index (χ0) is 25.6. The molecule has 0 aliphatic carbocycles. The summed E-state index contributed by atoms with van der Waals surface area (Å²) in [6.45, 7) is -0.00983. The monoisotopic (exact) mass is 494 g/mol. The van der Waals surface area contributed by atoms with Gasteiger partial charge in [0, 0.05) is 36.1 Å². The van der Waals surface area contributed by atoms with Crippen LogP contribution in [-0.4, -0.2) is 45.5 Å². The van der Waals surface area contributed by atoms with Gasteiger partial charge in [-0.05, 0) is 18.2 Å². The van der Waals surface area contributed by atoms with Gasteiger partial charge < -0.3 is 34.3 Å². The minimum absolute atomic E-state index is 0.00983. The molecule has 1 heterocycles. The van der Waals surface area contributed by atoms with Gasteiger partial charge >= 0.3 is 6.18 Å². The fourth-order valence-electron chi connectivity index (χ4n) is 3.27. The van der Waals surface area contributed by atoms with Crippen molar-refractivity contribution >= 4 is 17.5 Å². The molecule has 0 spiro atoms. The lowest BCUT2D eigenvalue weighted by atomic mass is 10.2. The van der Waals surface area contributed by atoms with Crippen LogP contribution in [0.3, 0.4) is 0 Å². The first-order valence-electron chi connectivity index (χ1n) is 10.2. The van der Waals surface area contributed by atoms with Crippen molar-refractivity contribution in [2.75, 3.05) is 46.2 Å². The molecule has 0 saturated heterocycles. The van der Waals surface area contributed by atoms with E-state index in [-0.39, 0.29) is 12.5 Å². The maximum atomic E-state index is 13.6. The van der Waals surface area contributed by atoms with Crippen LogP contribution >= 0.6 is 0 Å². The highest BCUT2D eigenvalue weighted by molar-refractivity contribution is 5.66. The molecule has 0 fully saturated rings. The molecule has 1 aromatic heterocycles. The molecule has 0 aliphatic heterocycles. The van der Waals surface area contributed by atoms with E-state index in [1.54, 1.807) is 30.3 Å². The summed E-state index contributed by atoms with van der Waals surface area (Å²) in [6.07, 6.45) is -3.97. The summed E-state index contributed by atoms with van der Waals surface area (Å²) in [5, 5.41) is 5.61. The molecule has 0 radical (unpaired) electrons. The quantitative estimate of drug-likeness (QED) is 0.408. The van der Waals surface area contributed by atoms with Crippen molar-refractivity contribution in [2.24, 2.45) is 0 Å². The second-order valence-corrected chi connectivity index (χ2v) is 7.02. The van der Waals surface area contributed by atoms with Crippen LogP contribution in [0.2, 0.25) is 0 Å². The van der Waals surface area contributed by atoms with Crippen LogP contribution in [0.4, 0.5) is 30.6 Å². The van der Waals surface area contributed by atoms with Crippen molar-refractivity contribution < 1.29 is 36.9 Å². The number of anilines is 3. The second-order valence-electron chi connectivity index (χ2n) is 7.02. The van der Waals surface area contributed by atoms with Crippen molar-refractivity contribution in [3.63, 3.8) is 0 Å². The molecule has 0 aliphatic rings. The van der Waals surface area contributed by atoms with Gasteiger partial charge in [-0.3, -0.25) is 0 Å². The average Bonchev–Trinajstić information content (AvgIpc) is 2.85. The third kappa shape index (κ3) is 5.89. The Morgan fingerprint density at radius 1 is 0.829 bits per heavy atom. The van der Waals surface area contributed by atoms with Crippen molar-refractivity contribution in [3.05, 3.63) is 47.7 Å². The summed E-state index contributed by atoms with van der Waals surface area (Å²) in [7, 11) is 7.32. The third-order valence-electron chi connectivity index (χ3n) is 4.95. The number of benzene rings is 2. The number of rotatable bonds is 10. The fraction of sp³-hybridized carbons (Fsp3) is 0.304. The predicted octanol–water partition coefficient (Wildman–Crippen LogP) is 4.89. The number of ether oxygens (including phenoxy) is 5. The van der Waals surface area contributed by atoms with E-state index >= 15 is 0 Å². The summed E-state index contributed by atoms with van der Waals surface area (Å²) in [6, 6.07) is 8.17. The average molecular weight is 494 g/mol. The normalized spacial score (nSPS) is 11.0. The van der Waals surface area contributed by atoms with E-state index in [2.05, 4.69) is 20.6 Å². The van der Waals surface area contributed by atoms with E-state index in [1.807, 2.05) is 0 Å². The summed E-state index contributed by atoms with van der Waals surface area (Å²) >= 11 is 0. The van der Waals surface area contributed by atoms with Gasteiger partial charge in [-0.2, -0.15) is 18.2 Å². The lowest BCUT2D eigenvalue weighted by Gasteiger charge is -2.17. The Hall–Kier alpha value is -4.09. The molecule has 12 heteroatoms. The second kappa shape index (κ2) is 10.9. The highest BCUT2D eigenvalue weighted by Gasteiger charge is 2.35. The Bertz CT molecular complexity index is 1150. The molecule has 3 rings (SSSR count). The number of hydrogen-bond acceptors (Lipinski definition) is 9. The molecule has 35 heavy (non-hydrogen) atoms. The molecule has 2 aromatic carbocycles. The van der Waals surface area contributed by atoms with Gasteiger partial charge in [-0.25, -0.2) is 4.98 Å². The summed E-state index contributed by atoms with van der Waals surface area (Å²) in [4.78, 5) is 7.89. The number of hydrogen-bond donors (Lipinski definition) is 2. The fourth-order valence-corrected chi connectivity index (χ4v) is 3.27. The first-order chi connectivity index (χ1) is 16.7. The molecule has 9 nitrogen and oxygen atoms in total. The highest BCUT2D eigenvalue weighted by Crippen LogP contribution is 2.41. The van der Waals surface area contributed by atoms with Gasteiger partial charge in [0.1, 0.15) is 22.9 Å². The summed E-state index contributed by atoms with van der Waals surface area (Å²) in [5.74, 6) is 1.60. The number of alkyl halides is 3. The molecule has 0 saturated carbocycles. The molecule has 3 aromatic rings. The summed E-state index contributed by atoms with van der Waals surface area (Å²) in [5.41, 5.74) is -0.0211. The lowest BCUT2D eigenvalue weighted by molar-refractivity contribution is -0.137. The van der Waals surface area contributed by atoms with Crippen LogP contribution < -0.4 is 34.3 Å². The Labute approximate surface area is 200 Å². The zero-order valence-corrected chi connectivity index (χ0v) is 19.7. The Balaban J connectivity index is 1.94. The van der Waals surface area contributed by atoms with Crippen LogP contribution in [0.25, 0.3) is 0 Å². The number of halogens is 3. The molecular weight excluding hydrogens is 469 g/mol. The number of aromatic nitrogens is 2. The zero-order valence-electron chi connectivity index (χ0n) is 19.7. The molecule has 0 bridgehead atoms. The number of nitrogens with one attached hydrogen (secondary N) is 2. The standard InChI is InChI=1S/C23H25F3N4O5/c1-31-15-6-7-17(32-2)13(8-15)11-27-21-16(23(24,25)26)12-28-22(30-21)29-14-9-18(33-3)20(35-5)19(10-14)34-4/h6-10,12H,11H2,1-5H3,(H2,27,28,29,30). The van der Waals surface area contributed by atoms with Gasteiger partial charge in [0.15, 0.2) is 11.5 Å². The van der Waals surface area contributed by atoms with Crippen LogP contribution in [0.15, 0.2) is 36.5 Å². The minimum atomic E-state index is -4.67. The SMILES string of the molecule is COc1ccc(OC)c(CNc2nc(Nc3cc(OC)c(OC)c(OC)c3)ncc2C(F)(F)F)c1. The maximum Gasteiger partial charge on any atom is 0.421 e. The first-order valence-corrected chi connectivity index (χ1v) is 10.2. The van der Waals surface area contributed by atoms with E-state index in [1.165, 1.54) is 35.5 Å².